The minimum absolute atomic E-state index is 0.0506. The van der Waals surface area contributed by atoms with E-state index in [1.807, 2.05) is 24.3 Å². The highest BCUT2D eigenvalue weighted by molar-refractivity contribution is 6.01. The summed E-state index contributed by atoms with van der Waals surface area (Å²) in [5.41, 5.74) is 0.367. The molecule has 1 fully saturated rings. The summed E-state index contributed by atoms with van der Waals surface area (Å²) in [6, 6.07) is 11.4. The molecular weight excluding hydrogens is 262 g/mol. The summed E-state index contributed by atoms with van der Waals surface area (Å²) < 4.78 is 0. The third kappa shape index (κ3) is 2.87. The fraction of sp³-hybridized carbons (Fsp3) is 0.389. The average Bonchev–Trinajstić information content (AvgIpc) is 2.49. The predicted octanol–water partition coefficient (Wildman–Crippen LogP) is 3.85. The number of phenols is 1. The predicted molar refractivity (Wildman–Crippen MR) is 84.5 cm³/mol. The van der Waals surface area contributed by atoms with Crippen LogP contribution in [0.15, 0.2) is 36.4 Å². The second kappa shape index (κ2) is 5.76. The van der Waals surface area contributed by atoms with Crippen LogP contribution in [-0.2, 0) is 0 Å². The monoisotopic (exact) mass is 283 g/mol. The number of amides is 1. The van der Waals surface area contributed by atoms with Crippen LogP contribution in [0.5, 0.6) is 5.75 Å². The molecule has 2 aromatic carbocycles. The van der Waals surface area contributed by atoms with Crippen LogP contribution in [0.2, 0.25) is 0 Å². The van der Waals surface area contributed by atoms with Crippen molar-refractivity contribution in [3.8, 4) is 5.75 Å². The Labute approximate surface area is 125 Å². The lowest BCUT2D eigenvalue weighted by molar-refractivity contribution is 0.0908. The number of benzene rings is 2. The number of nitrogens with one attached hydrogen (secondary N) is 1. The topological polar surface area (TPSA) is 49.3 Å². The minimum atomic E-state index is -0.169. The van der Waals surface area contributed by atoms with Crippen molar-refractivity contribution in [3.05, 3.63) is 42.0 Å². The van der Waals surface area contributed by atoms with Gasteiger partial charge in [-0.25, -0.2) is 0 Å². The SMILES string of the molecule is CC1CCCCC1NC(=O)c1cc2ccccc2cc1O. The van der Waals surface area contributed by atoms with Crippen LogP contribution < -0.4 is 5.32 Å². The second-order valence-corrected chi connectivity index (χ2v) is 6.06. The molecule has 1 aliphatic rings. The molecule has 21 heavy (non-hydrogen) atoms. The number of carbonyl (C=O) groups excluding carboxylic acids is 1. The van der Waals surface area contributed by atoms with E-state index in [0.717, 1.165) is 23.6 Å². The number of rotatable bonds is 2. The van der Waals surface area contributed by atoms with Gasteiger partial charge in [0.2, 0.25) is 0 Å². The first-order valence-electron chi connectivity index (χ1n) is 7.68. The Morgan fingerprint density at radius 2 is 1.81 bits per heavy atom. The normalized spacial score (nSPS) is 22.1. The molecule has 0 aromatic heterocycles. The van der Waals surface area contributed by atoms with Crippen molar-refractivity contribution in [1.29, 1.82) is 0 Å². The fourth-order valence-electron chi connectivity index (χ4n) is 3.19. The van der Waals surface area contributed by atoms with Crippen LogP contribution in [0, 0.1) is 5.92 Å². The van der Waals surface area contributed by atoms with Gasteiger partial charge in [0.25, 0.3) is 5.91 Å². The Bertz CT molecular complexity index is 665. The van der Waals surface area contributed by atoms with Crippen LogP contribution >= 0.6 is 0 Å². The van der Waals surface area contributed by atoms with Gasteiger partial charge in [-0.3, -0.25) is 4.79 Å². The molecule has 2 aromatic rings. The molecular formula is C18H21NO2. The number of hydrogen-bond acceptors (Lipinski definition) is 2. The molecule has 2 unspecified atom stereocenters. The first-order chi connectivity index (χ1) is 10.1. The van der Waals surface area contributed by atoms with E-state index < -0.39 is 0 Å². The lowest BCUT2D eigenvalue weighted by Gasteiger charge is -2.29. The van der Waals surface area contributed by atoms with E-state index in [-0.39, 0.29) is 17.7 Å². The molecule has 110 valence electrons. The summed E-state index contributed by atoms with van der Waals surface area (Å²) in [6.07, 6.45) is 4.60. The Hall–Kier alpha value is -2.03. The van der Waals surface area contributed by atoms with Gasteiger partial charge in [-0.2, -0.15) is 0 Å². The van der Waals surface area contributed by atoms with E-state index in [1.54, 1.807) is 12.1 Å². The van der Waals surface area contributed by atoms with Crippen molar-refractivity contribution >= 4 is 16.7 Å². The molecule has 0 bridgehead atoms. The largest absolute Gasteiger partial charge is 0.507 e. The lowest BCUT2D eigenvalue weighted by atomic mass is 9.86. The van der Waals surface area contributed by atoms with Crippen LogP contribution in [-0.4, -0.2) is 17.1 Å². The molecule has 0 spiro atoms. The van der Waals surface area contributed by atoms with Gasteiger partial charge >= 0.3 is 0 Å². The molecule has 3 rings (SSSR count). The Morgan fingerprint density at radius 3 is 2.52 bits per heavy atom. The Balaban J connectivity index is 1.85. The highest BCUT2D eigenvalue weighted by atomic mass is 16.3. The van der Waals surface area contributed by atoms with E-state index >= 15 is 0 Å². The maximum Gasteiger partial charge on any atom is 0.255 e. The zero-order valence-electron chi connectivity index (χ0n) is 12.3. The van der Waals surface area contributed by atoms with Crippen LogP contribution in [0.4, 0.5) is 0 Å². The van der Waals surface area contributed by atoms with Gasteiger partial charge in [0, 0.05) is 6.04 Å². The summed E-state index contributed by atoms with van der Waals surface area (Å²) in [6.45, 7) is 2.18. The third-order valence-electron chi connectivity index (χ3n) is 4.54. The van der Waals surface area contributed by atoms with Gasteiger partial charge in [0.15, 0.2) is 0 Å². The molecule has 1 saturated carbocycles. The number of aromatic hydroxyl groups is 1. The molecule has 0 saturated heterocycles. The standard InChI is InChI=1S/C18H21NO2/c1-12-6-2-5-9-16(12)19-18(21)15-10-13-7-3-4-8-14(13)11-17(15)20/h3-4,7-8,10-12,16,20H,2,5-6,9H2,1H3,(H,19,21). The number of hydrogen-bond donors (Lipinski definition) is 2. The van der Waals surface area contributed by atoms with Crippen molar-refractivity contribution in [2.45, 2.75) is 38.6 Å². The summed E-state index contributed by atoms with van der Waals surface area (Å²) in [4.78, 5) is 12.5. The Kier molecular flexibility index (Phi) is 3.82. The lowest BCUT2D eigenvalue weighted by Crippen LogP contribution is -2.41. The van der Waals surface area contributed by atoms with E-state index in [2.05, 4.69) is 12.2 Å². The van der Waals surface area contributed by atoms with E-state index in [1.165, 1.54) is 12.8 Å². The third-order valence-corrected chi connectivity index (χ3v) is 4.54. The number of phenolic OH excluding ortho intramolecular Hbond substituents is 1. The summed E-state index contributed by atoms with van der Waals surface area (Å²) in [7, 11) is 0. The van der Waals surface area contributed by atoms with Gasteiger partial charge in [-0.15, -0.1) is 0 Å². The Morgan fingerprint density at radius 1 is 1.14 bits per heavy atom. The van der Waals surface area contributed by atoms with Gasteiger partial charge in [0.05, 0.1) is 5.56 Å². The maximum absolute atomic E-state index is 12.5. The highest BCUT2D eigenvalue weighted by Crippen LogP contribution is 2.27. The molecule has 1 amide bonds. The van der Waals surface area contributed by atoms with E-state index in [0.29, 0.717) is 11.5 Å². The summed E-state index contributed by atoms with van der Waals surface area (Å²) in [5, 5.41) is 15.1. The minimum Gasteiger partial charge on any atom is -0.507 e. The van der Waals surface area contributed by atoms with Crippen molar-refractivity contribution in [1.82, 2.24) is 5.32 Å². The molecule has 0 heterocycles. The number of carbonyl (C=O) groups is 1. The molecule has 3 heteroatoms. The second-order valence-electron chi connectivity index (χ2n) is 6.06. The smallest absolute Gasteiger partial charge is 0.255 e. The fourth-order valence-corrected chi connectivity index (χ4v) is 3.19. The molecule has 2 atom stereocenters. The quantitative estimate of drug-likeness (QED) is 0.879. The zero-order chi connectivity index (χ0) is 14.8. The van der Waals surface area contributed by atoms with Crippen LogP contribution in [0.3, 0.4) is 0 Å². The average molecular weight is 283 g/mol. The van der Waals surface area contributed by atoms with Gasteiger partial charge in [-0.05, 0) is 41.7 Å². The number of fused-ring (bicyclic) bond motifs is 1. The van der Waals surface area contributed by atoms with E-state index in [9.17, 15) is 9.90 Å². The summed E-state index contributed by atoms with van der Waals surface area (Å²) in [5.74, 6) is 0.386. The van der Waals surface area contributed by atoms with Crippen molar-refractivity contribution in [2.24, 2.45) is 5.92 Å². The van der Waals surface area contributed by atoms with E-state index in [4.69, 9.17) is 0 Å². The van der Waals surface area contributed by atoms with Crippen molar-refractivity contribution in [3.63, 3.8) is 0 Å². The molecule has 2 N–H and O–H groups in total. The van der Waals surface area contributed by atoms with Crippen LogP contribution in [0.25, 0.3) is 10.8 Å². The van der Waals surface area contributed by atoms with Gasteiger partial charge in [0.1, 0.15) is 5.75 Å². The molecule has 1 aliphatic carbocycles. The highest BCUT2D eigenvalue weighted by Gasteiger charge is 2.24. The van der Waals surface area contributed by atoms with Crippen molar-refractivity contribution in [2.75, 3.05) is 0 Å². The first kappa shape index (κ1) is 13.9. The molecule has 0 aliphatic heterocycles. The zero-order valence-corrected chi connectivity index (χ0v) is 12.3. The molecule has 3 nitrogen and oxygen atoms in total. The first-order valence-corrected chi connectivity index (χ1v) is 7.68. The van der Waals surface area contributed by atoms with Crippen LogP contribution in [0.1, 0.15) is 43.0 Å². The van der Waals surface area contributed by atoms with Crippen molar-refractivity contribution < 1.29 is 9.90 Å². The summed E-state index contributed by atoms with van der Waals surface area (Å²) >= 11 is 0. The van der Waals surface area contributed by atoms with Gasteiger partial charge in [-0.1, -0.05) is 44.0 Å². The van der Waals surface area contributed by atoms with Gasteiger partial charge < -0.3 is 10.4 Å². The molecule has 0 radical (unpaired) electrons. The maximum atomic E-state index is 12.5.